The summed E-state index contributed by atoms with van der Waals surface area (Å²) in [5.41, 5.74) is 2.97. The van der Waals surface area contributed by atoms with Crippen LogP contribution in [-0.4, -0.2) is 16.9 Å². The minimum atomic E-state index is 0.433. The van der Waals surface area contributed by atoms with Crippen LogP contribution in [0.25, 0.3) is 5.69 Å². The van der Waals surface area contributed by atoms with Gasteiger partial charge in [-0.1, -0.05) is 0 Å². The summed E-state index contributed by atoms with van der Waals surface area (Å²) < 4.78 is 7.02. The molecule has 1 aromatic heterocycles. The molecule has 1 heterocycles. The molecule has 0 spiro atoms. The lowest BCUT2D eigenvalue weighted by Gasteiger charge is -2.07. The number of benzene rings is 1. The number of nitrogens with zero attached hydrogens (tertiary/aromatic N) is 2. The van der Waals surface area contributed by atoms with Gasteiger partial charge in [-0.3, -0.25) is 0 Å². The number of aromatic nitrogens is 2. The lowest BCUT2D eigenvalue weighted by Crippen LogP contribution is -1.97. The summed E-state index contributed by atoms with van der Waals surface area (Å²) in [4.78, 5) is 0. The lowest BCUT2D eigenvalue weighted by molar-refractivity contribution is 0.411. The van der Waals surface area contributed by atoms with Crippen molar-refractivity contribution in [2.75, 3.05) is 7.11 Å². The first-order valence-electron chi connectivity index (χ1n) is 5.00. The van der Waals surface area contributed by atoms with E-state index in [-0.39, 0.29) is 0 Å². The van der Waals surface area contributed by atoms with E-state index in [1.165, 1.54) is 0 Å². The summed E-state index contributed by atoms with van der Waals surface area (Å²) in [5, 5.41) is 4.34. The number of aryl methyl sites for hydroxylation is 1. The molecule has 0 aliphatic heterocycles. The highest BCUT2D eigenvalue weighted by Gasteiger charge is 2.03. The van der Waals surface area contributed by atoms with Crippen LogP contribution < -0.4 is 4.74 Å². The van der Waals surface area contributed by atoms with Gasteiger partial charge in [0.15, 0.2) is 0 Å². The SMILES string of the molecule is COc1ccc(-n2ccc(CCl)n2)cc1C. The first-order chi connectivity index (χ1) is 7.74. The molecule has 0 saturated heterocycles. The van der Waals surface area contributed by atoms with E-state index in [0.717, 1.165) is 22.7 Å². The van der Waals surface area contributed by atoms with E-state index in [9.17, 15) is 0 Å². The number of alkyl halides is 1. The Labute approximate surface area is 99.6 Å². The molecule has 0 aliphatic rings. The zero-order chi connectivity index (χ0) is 11.5. The quantitative estimate of drug-likeness (QED) is 0.767. The smallest absolute Gasteiger partial charge is 0.121 e. The van der Waals surface area contributed by atoms with Crippen LogP contribution in [0.4, 0.5) is 0 Å². The van der Waals surface area contributed by atoms with Crippen LogP contribution in [0, 0.1) is 6.92 Å². The van der Waals surface area contributed by atoms with Crippen LogP contribution >= 0.6 is 11.6 Å². The summed E-state index contributed by atoms with van der Waals surface area (Å²) in [5.74, 6) is 1.32. The van der Waals surface area contributed by atoms with E-state index in [1.54, 1.807) is 7.11 Å². The van der Waals surface area contributed by atoms with E-state index < -0.39 is 0 Å². The van der Waals surface area contributed by atoms with Gasteiger partial charge in [0.25, 0.3) is 0 Å². The molecule has 2 rings (SSSR count). The molecule has 84 valence electrons. The Balaban J connectivity index is 2.37. The van der Waals surface area contributed by atoms with Crippen LogP contribution in [0.1, 0.15) is 11.3 Å². The number of rotatable bonds is 3. The average molecular weight is 237 g/mol. The van der Waals surface area contributed by atoms with Crippen LogP contribution in [0.15, 0.2) is 30.5 Å². The van der Waals surface area contributed by atoms with Crippen molar-refractivity contribution in [2.45, 2.75) is 12.8 Å². The second-order valence-electron chi connectivity index (χ2n) is 3.54. The van der Waals surface area contributed by atoms with Gasteiger partial charge < -0.3 is 4.74 Å². The summed E-state index contributed by atoms with van der Waals surface area (Å²) in [7, 11) is 1.67. The number of ether oxygens (including phenoxy) is 1. The Morgan fingerprint density at radius 1 is 1.38 bits per heavy atom. The second kappa shape index (κ2) is 4.58. The Morgan fingerprint density at radius 3 is 2.75 bits per heavy atom. The standard InChI is InChI=1S/C12H13ClN2O/c1-9-7-11(3-4-12(9)16-2)15-6-5-10(8-13)14-15/h3-7H,8H2,1-2H3. The van der Waals surface area contributed by atoms with Gasteiger partial charge in [-0.15, -0.1) is 11.6 Å². The predicted octanol–water partition coefficient (Wildman–Crippen LogP) is 2.93. The molecule has 0 unspecified atom stereocenters. The van der Waals surface area contributed by atoms with Crippen molar-refractivity contribution in [2.24, 2.45) is 0 Å². The van der Waals surface area contributed by atoms with Gasteiger partial charge in [-0.25, -0.2) is 4.68 Å². The van der Waals surface area contributed by atoms with Gasteiger partial charge in [-0.2, -0.15) is 5.10 Å². The van der Waals surface area contributed by atoms with E-state index in [2.05, 4.69) is 5.10 Å². The summed E-state index contributed by atoms with van der Waals surface area (Å²) >= 11 is 5.71. The van der Waals surface area contributed by atoms with Gasteiger partial charge in [0.05, 0.1) is 24.4 Å². The van der Waals surface area contributed by atoms with Crippen LogP contribution in [0.5, 0.6) is 5.75 Å². The van der Waals surface area contributed by atoms with E-state index >= 15 is 0 Å². The molecule has 0 amide bonds. The molecule has 0 atom stereocenters. The molecule has 0 radical (unpaired) electrons. The molecular formula is C12H13ClN2O. The summed E-state index contributed by atoms with van der Waals surface area (Å²) in [6.45, 7) is 2.01. The maximum Gasteiger partial charge on any atom is 0.121 e. The molecule has 4 heteroatoms. The minimum absolute atomic E-state index is 0.433. The van der Waals surface area contributed by atoms with Gasteiger partial charge in [0.1, 0.15) is 5.75 Å². The third kappa shape index (κ3) is 2.04. The van der Waals surface area contributed by atoms with Crippen LogP contribution in [0.2, 0.25) is 0 Å². The largest absolute Gasteiger partial charge is 0.496 e. The van der Waals surface area contributed by atoms with Crippen molar-refractivity contribution in [3.8, 4) is 11.4 Å². The molecule has 3 nitrogen and oxygen atoms in total. The minimum Gasteiger partial charge on any atom is -0.496 e. The number of halogens is 1. The zero-order valence-electron chi connectivity index (χ0n) is 9.27. The van der Waals surface area contributed by atoms with Gasteiger partial charge >= 0.3 is 0 Å². The molecule has 16 heavy (non-hydrogen) atoms. The van der Waals surface area contributed by atoms with E-state index in [4.69, 9.17) is 16.3 Å². The normalized spacial score (nSPS) is 10.4. The van der Waals surface area contributed by atoms with Crippen molar-refractivity contribution < 1.29 is 4.74 Å². The maximum absolute atomic E-state index is 5.71. The molecule has 0 N–H and O–H groups in total. The topological polar surface area (TPSA) is 27.1 Å². The molecule has 0 aliphatic carbocycles. The Bertz CT molecular complexity index is 494. The number of methoxy groups -OCH3 is 1. The van der Waals surface area contributed by atoms with Crippen molar-refractivity contribution >= 4 is 11.6 Å². The fourth-order valence-corrected chi connectivity index (χ4v) is 1.72. The first-order valence-corrected chi connectivity index (χ1v) is 5.53. The van der Waals surface area contributed by atoms with Crippen LogP contribution in [0.3, 0.4) is 0 Å². The first kappa shape index (κ1) is 11.0. The third-order valence-electron chi connectivity index (χ3n) is 2.42. The molecule has 2 aromatic rings. The molecule has 0 saturated carbocycles. The highest BCUT2D eigenvalue weighted by atomic mass is 35.5. The molecule has 0 fully saturated rings. The van der Waals surface area contributed by atoms with E-state index in [1.807, 2.05) is 42.1 Å². The van der Waals surface area contributed by atoms with Crippen molar-refractivity contribution in [3.05, 3.63) is 41.7 Å². The maximum atomic E-state index is 5.71. The lowest BCUT2D eigenvalue weighted by atomic mass is 10.2. The second-order valence-corrected chi connectivity index (χ2v) is 3.81. The number of hydrogen-bond donors (Lipinski definition) is 0. The highest BCUT2D eigenvalue weighted by molar-refractivity contribution is 6.16. The van der Waals surface area contributed by atoms with Gasteiger partial charge in [-0.05, 0) is 36.8 Å². The van der Waals surface area contributed by atoms with Crippen molar-refractivity contribution in [1.29, 1.82) is 0 Å². The Kier molecular flexibility index (Phi) is 3.15. The molecule has 0 bridgehead atoms. The van der Waals surface area contributed by atoms with Gasteiger partial charge in [0, 0.05) is 6.20 Å². The Morgan fingerprint density at radius 2 is 2.19 bits per heavy atom. The average Bonchev–Trinajstić information content (AvgIpc) is 2.77. The number of hydrogen-bond acceptors (Lipinski definition) is 2. The zero-order valence-corrected chi connectivity index (χ0v) is 10.0. The summed E-state index contributed by atoms with van der Waals surface area (Å²) in [6, 6.07) is 7.85. The van der Waals surface area contributed by atoms with Gasteiger partial charge in [0.2, 0.25) is 0 Å². The third-order valence-corrected chi connectivity index (χ3v) is 2.70. The molecular weight excluding hydrogens is 224 g/mol. The van der Waals surface area contributed by atoms with Crippen LogP contribution in [-0.2, 0) is 5.88 Å². The summed E-state index contributed by atoms with van der Waals surface area (Å²) in [6.07, 6.45) is 1.90. The predicted molar refractivity (Wildman–Crippen MR) is 64.4 cm³/mol. The molecule has 1 aromatic carbocycles. The fraction of sp³-hybridized carbons (Fsp3) is 0.250. The highest BCUT2D eigenvalue weighted by Crippen LogP contribution is 2.20. The van der Waals surface area contributed by atoms with Crippen molar-refractivity contribution in [3.63, 3.8) is 0 Å². The van der Waals surface area contributed by atoms with E-state index in [0.29, 0.717) is 5.88 Å². The Hall–Kier alpha value is -1.48. The van der Waals surface area contributed by atoms with Crippen molar-refractivity contribution in [1.82, 2.24) is 9.78 Å². The fourth-order valence-electron chi connectivity index (χ4n) is 1.58. The monoisotopic (exact) mass is 236 g/mol.